The lowest BCUT2D eigenvalue weighted by molar-refractivity contribution is -0.0581. The molecule has 3 fully saturated rings. The molecule has 1 heterocycles. The Bertz CT molecular complexity index is 1030. The van der Waals surface area contributed by atoms with Gasteiger partial charge in [0.25, 0.3) is 0 Å². The monoisotopic (exact) mass is 537 g/mol. The minimum atomic E-state index is -0.270. The van der Waals surface area contributed by atoms with Crippen LogP contribution in [0.15, 0.2) is 24.2 Å². The molecule has 4 aliphatic carbocycles. The Balaban J connectivity index is 1.17. The van der Waals surface area contributed by atoms with Gasteiger partial charge in [0, 0.05) is 38.3 Å². The highest BCUT2D eigenvalue weighted by Gasteiger charge is 2.59. The number of carbonyl (C=O) groups is 1. The molecule has 0 spiro atoms. The first-order valence-corrected chi connectivity index (χ1v) is 16.2. The summed E-state index contributed by atoms with van der Waals surface area (Å²) in [6, 6.07) is 0. The van der Waals surface area contributed by atoms with Gasteiger partial charge in [0.1, 0.15) is 6.10 Å². The van der Waals surface area contributed by atoms with Gasteiger partial charge in [0.05, 0.1) is 6.33 Å². The zero-order valence-electron chi connectivity index (χ0n) is 25.7. The topological polar surface area (TPSA) is 56.1 Å². The molecule has 8 atom stereocenters. The number of nitrogens with one attached hydrogen (secondary N) is 1. The van der Waals surface area contributed by atoms with Gasteiger partial charge in [-0.25, -0.2) is 9.78 Å². The Morgan fingerprint density at radius 3 is 2.69 bits per heavy atom. The predicted octanol–water partition coefficient (Wildman–Crippen LogP) is 8.10. The predicted molar refractivity (Wildman–Crippen MR) is 158 cm³/mol. The second-order valence-corrected chi connectivity index (χ2v) is 14.7. The normalized spacial score (nSPS) is 36.5. The van der Waals surface area contributed by atoms with Gasteiger partial charge < -0.3 is 14.6 Å². The summed E-state index contributed by atoms with van der Waals surface area (Å²) in [6.45, 7) is 13.1. The average Bonchev–Trinajstić information content (AvgIpc) is 3.46. The molecule has 5 heteroatoms. The van der Waals surface area contributed by atoms with Crippen molar-refractivity contribution in [2.75, 3.05) is 6.54 Å². The molecule has 1 aromatic heterocycles. The Hall–Kier alpha value is -1.78. The van der Waals surface area contributed by atoms with Crippen molar-refractivity contribution in [2.45, 2.75) is 118 Å². The SMILES string of the molecule is CC(C)CCC[C@@H](C)[C@H]1CC[C@H]2[C@@H]3CC=C4CC(OC(=O)NCCc5cncn5C)CC[C@]4(C)[C@H]3CCC12C. The van der Waals surface area contributed by atoms with Crippen LogP contribution >= 0.6 is 0 Å². The smallest absolute Gasteiger partial charge is 0.407 e. The van der Waals surface area contributed by atoms with Crippen molar-refractivity contribution in [2.24, 2.45) is 53.4 Å². The Morgan fingerprint density at radius 2 is 1.95 bits per heavy atom. The van der Waals surface area contributed by atoms with E-state index in [1.807, 2.05) is 17.8 Å². The van der Waals surface area contributed by atoms with E-state index in [0.29, 0.717) is 17.4 Å². The number of hydrogen-bond donors (Lipinski definition) is 1. The van der Waals surface area contributed by atoms with Gasteiger partial charge in [-0.3, -0.25) is 0 Å². The molecule has 0 aromatic carbocycles. The third-order valence-electron chi connectivity index (χ3n) is 12.1. The number of aromatic nitrogens is 2. The number of fused-ring (bicyclic) bond motifs is 5. The summed E-state index contributed by atoms with van der Waals surface area (Å²) in [5, 5.41) is 2.96. The maximum absolute atomic E-state index is 12.6. The lowest BCUT2D eigenvalue weighted by atomic mass is 9.47. The zero-order chi connectivity index (χ0) is 27.8. The third kappa shape index (κ3) is 5.71. The van der Waals surface area contributed by atoms with Crippen LogP contribution in [0.2, 0.25) is 0 Å². The van der Waals surface area contributed by atoms with Crippen LogP contribution in [0.5, 0.6) is 0 Å². The first-order chi connectivity index (χ1) is 18.6. The maximum Gasteiger partial charge on any atom is 0.407 e. The van der Waals surface area contributed by atoms with Gasteiger partial charge in [-0.2, -0.15) is 0 Å². The van der Waals surface area contributed by atoms with E-state index >= 15 is 0 Å². The summed E-state index contributed by atoms with van der Waals surface area (Å²) in [5.74, 6) is 5.15. The van der Waals surface area contributed by atoms with Gasteiger partial charge in [-0.15, -0.1) is 0 Å². The molecular formula is C34H55N3O2. The fraction of sp³-hybridized carbons (Fsp3) is 0.824. The molecule has 0 aliphatic heterocycles. The van der Waals surface area contributed by atoms with Crippen molar-refractivity contribution in [3.63, 3.8) is 0 Å². The van der Waals surface area contributed by atoms with Crippen LogP contribution in [0.1, 0.15) is 111 Å². The van der Waals surface area contributed by atoms with Crippen LogP contribution in [0, 0.1) is 46.3 Å². The van der Waals surface area contributed by atoms with E-state index in [1.165, 1.54) is 51.4 Å². The molecule has 4 aliphatic rings. The van der Waals surface area contributed by atoms with Crippen LogP contribution in [0.3, 0.4) is 0 Å². The van der Waals surface area contributed by atoms with Crippen molar-refractivity contribution < 1.29 is 9.53 Å². The summed E-state index contributed by atoms with van der Waals surface area (Å²) in [6.07, 6.45) is 21.0. The number of ether oxygens (including phenoxy) is 1. The minimum Gasteiger partial charge on any atom is -0.446 e. The van der Waals surface area contributed by atoms with Gasteiger partial charge in [0.2, 0.25) is 0 Å². The molecule has 1 N–H and O–H groups in total. The lowest BCUT2D eigenvalue weighted by Crippen LogP contribution is -2.51. The highest BCUT2D eigenvalue weighted by molar-refractivity contribution is 5.67. The quantitative estimate of drug-likeness (QED) is 0.324. The van der Waals surface area contributed by atoms with Gasteiger partial charge in [0.15, 0.2) is 0 Å². The van der Waals surface area contributed by atoms with Crippen LogP contribution in [0.4, 0.5) is 4.79 Å². The Labute approximate surface area is 237 Å². The molecule has 1 aromatic rings. The van der Waals surface area contributed by atoms with Crippen molar-refractivity contribution in [1.29, 1.82) is 0 Å². The molecule has 3 saturated carbocycles. The fourth-order valence-electron chi connectivity index (χ4n) is 9.86. The van der Waals surface area contributed by atoms with E-state index in [4.69, 9.17) is 4.74 Å². The van der Waals surface area contributed by atoms with E-state index in [-0.39, 0.29) is 12.2 Å². The summed E-state index contributed by atoms with van der Waals surface area (Å²) >= 11 is 0. The summed E-state index contributed by atoms with van der Waals surface area (Å²) in [7, 11) is 1.98. The number of allylic oxidation sites excluding steroid dienone is 1. The molecule has 0 radical (unpaired) electrons. The minimum absolute atomic E-state index is 0.00832. The van der Waals surface area contributed by atoms with Crippen LogP contribution < -0.4 is 5.32 Å². The van der Waals surface area contributed by atoms with Crippen molar-refractivity contribution in [1.82, 2.24) is 14.9 Å². The number of hydrogen-bond acceptors (Lipinski definition) is 3. The van der Waals surface area contributed by atoms with Crippen LogP contribution in [0.25, 0.3) is 0 Å². The molecule has 0 bridgehead atoms. The van der Waals surface area contributed by atoms with E-state index in [1.54, 1.807) is 11.9 Å². The first kappa shape index (κ1) is 28.7. The standard InChI is InChI=1S/C34H55N3O2/c1-23(2)8-7-9-24(3)29-12-13-30-28-11-10-25-20-27(14-17-33(25,4)31(28)15-18-34(29,30)5)39-32(38)36-19-16-26-21-35-22-37(26)6/h10,21-24,27-31H,7-9,11-20H2,1-6H3,(H,36,38)/t24-,27?,28+,29-,30+,31+,33+,34?/m1/s1. The third-order valence-corrected chi connectivity index (χ3v) is 12.1. The second kappa shape index (κ2) is 11.6. The van der Waals surface area contributed by atoms with E-state index in [2.05, 4.69) is 51.0 Å². The number of alkyl carbamates (subject to hydrolysis) is 1. The molecule has 218 valence electrons. The van der Waals surface area contributed by atoms with E-state index in [9.17, 15) is 4.79 Å². The molecular weight excluding hydrogens is 482 g/mol. The molecule has 5 nitrogen and oxygen atoms in total. The van der Waals surface area contributed by atoms with Gasteiger partial charge in [-0.05, 0) is 91.3 Å². The highest BCUT2D eigenvalue weighted by atomic mass is 16.6. The number of aryl methyl sites for hydroxylation is 1. The van der Waals surface area contributed by atoms with Gasteiger partial charge >= 0.3 is 6.09 Å². The maximum atomic E-state index is 12.6. The van der Waals surface area contributed by atoms with E-state index < -0.39 is 0 Å². The molecule has 1 amide bonds. The van der Waals surface area contributed by atoms with Crippen LogP contribution in [-0.2, 0) is 18.2 Å². The number of nitrogens with zero attached hydrogens (tertiary/aromatic N) is 2. The molecule has 5 rings (SSSR count). The number of rotatable bonds is 9. The van der Waals surface area contributed by atoms with Crippen molar-refractivity contribution in [3.05, 3.63) is 29.9 Å². The number of amides is 1. The zero-order valence-corrected chi connectivity index (χ0v) is 25.7. The summed E-state index contributed by atoms with van der Waals surface area (Å²) in [4.78, 5) is 16.7. The molecule has 39 heavy (non-hydrogen) atoms. The largest absolute Gasteiger partial charge is 0.446 e. The fourth-order valence-corrected chi connectivity index (χ4v) is 9.86. The number of carbonyl (C=O) groups excluding carboxylic acids is 1. The van der Waals surface area contributed by atoms with Gasteiger partial charge in [-0.1, -0.05) is 65.5 Å². The first-order valence-electron chi connectivity index (χ1n) is 16.2. The second-order valence-electron chi connectivity index (χ2n) is 14.7. The van der Waals surface area contributed by atoms with E-state index in [0.717, 1.165) is 66.9 Å². The average molecular weight is 538 g/mol. The lowest BCUT2D eigenvalue weighted by Gasteiger charge is -2.58. The highest BCUT2D eigenvalue weighted by Crippen LogP contribution is 2.67. The number of imidazole rings is 1. The van der Waals surface area contributed by atoms with Crippen molar-refractivity contribution >= 4 is 6.09 Å². The summed E-state index contributed by atoms with van der Waals surface area (Å²) in [5.41, 5.74) is 3.53. The van der Waals surface area contributed by atoms with Crippen LogP contribution in [-0.4, -0.2) is 28.3 Å². The Morgan fingerprint density at radius 1 is 1.13 bits per heavy atom. The van der Waals surface area contributed by atoms with Crippen molar-refractivity contribution in [3.8, 4) is 0 Å². The molecule has 0 saturated heterocycles. The summed E-state index contributed by atoms with van der Waals surface area (Å²) < 4.78 is 7.92. The molecule has 2 unspecified atom stereocenters. The Kier molecular flexibility index (Phi) is 8.55.